The molecule has 6 heteroatoms. The number of ether oxygens (including phenoxy) is 1. The Morgan fingerprint density at radius 2 is 0.659 bits per heavy atom. The fraction of sp³-hybridized carbons (Fsp3) is 0.914. The molecule has 41 heavy (non-hydrogen) atoms. The van der Waals surface area contributed by atoms with Crippen molar-refractivity contribution >= 4 is 17.9 Å². The Balaban J connectivity index is 0.000000309. The van der Waals surface area contributed by atoms with E-state index in [1.807, 2.05) is 6.92 Å². The highest BCUT2D eigenvalue weighted by Crippen LogP contribution is 2.24. The first-order valence-corrected chi connectivity index (χ1v) is 17.6. The molecule has 0 saturated heterocycles. The van der Waals surface area contributed by atoms with Gasteiger partial charge in [0.05, 0.1) is 24.4 Å². The van der Waals surface area contributed by atoms with Crippen LogP contribution in [0.3, 0.4) is 0 Å². The Morgan fingerprint density at radius 3 is 0.878 bits per heavy atom. The molecule has 3 fully saturated rings. The molecule has 0 aliphatic heterocycles. The van der Waals surface area contributed by atoms with Crippen molar-refractivity contribution in [2.45, 2.75) is 180 Å². The maximum absolute atomic E-state index is 11.6. The second-order valence-corrected chi connectivity index (χ2v) is 12.7. The summed E-state index contributed by atoms with van der Waals surface area (Å²) in [5.41, 5.74) is 0. The van der Waals surface area contributed by atoms with Crippen molar-refractivity contribution in [1.29, 1.82) is 0 Å². The van der Waals surface area contributed by atoms with E-state index >= 15 is 0 Å². The van der Waals surface area contributed by atoms with E-state index in [9.17, 15) is 14.4 Å². The van der Waals surface area contributed by atoms with Crippen molar-refractivity contribution in [2.24, 2.45) is 17.8 Å². The smallest absolute Gasteiger partial charge is 0.308 e. The topological polar surface area (TPSA) is 101 Å². The van der Waals surface area contributed by atoms with Crippen LogP contribution in [0.15, 0.2) is 0 Å². The Morgan fingerprint density at radius 1 is 0.439 bits per heavy atom. The highest BCUT2D eigenvalue weighted by Gasteiger charge is 2.20. The lowest BCUT2D eigenvalue weighted by atomic mass is 9.92. The lowest BCUT2D eigenvalue weighted by Gasteiger charge is -2.16. The van der Waals surface area contributed by atoms with Crippen molar-refractivity contribution in [1.82, 2.24) is 0 Å². The van der Waals surface area contributed by atoms with Gasteiger partial charge in [0.25, 0.3) is 0 Å². The largest absolute Gasteiger partial charge is 0.481 e. The summed E-state index contributed by atoms with van der Waals surface area (Å²) in [4.78, 5) is 33.3. The van der Waals surface area contributed by atoms with Crippen LogP contribution >= 0.6 is 0 Å². The summed E-state index contributed by atoms with van der Waals surface area (Å²) >= 11 is 0. The summed E-state index contributed by atoms with van der Waals surface area (Å²) in [5.74, 6) is -1.06. The van der Waals surface area contributed by atoms with E-state index < -0.39 is 11.9 Å². The molecule has 2 N–H and O–H groups in total. The van der Waals surface area contributed by atoms with Crippen LogP contribution in [-0.4, -0.2) is 34.7 Å². The minimum atomic E-state index is -0.583. The van der Waals surface area contributed by atoms with Gasteiger partial charge in [-0.1, -0.05) is 135 Å². The second kappa shape index (κ2) is 26.1. The summed E-state index contributed by atoms with van der Waals surface area (Å²) in [6.07, 6.45) is 31.9. The fourth-order valence-corrected chi connectivity index (χ4v) is 6.42. The van der Waals surface area contributed by atoms with Crippen LogP contribution in [0.2, 0.25) is 0 Å². The Kier molecular flexibility index (Phi) is 23.8. The molecule has 0 aromatic rings. The van der Waals surface area contributed by atoms with Crippen LogP contribution in [0, 0.1) is 17.8 Å². The van der Waals surface area contributed by atoms with Gasteiger partial charge in [0.15, 0.2) is 0 Å². The van der Waals surface area contributed by atoms with E-state index in [0.29, 0.717) is 6.61 Å². The first-order chi connectivity index (χ1) is 20.0. The van der Waals surface area contributed by atoms with Gasteiger partial charge >= 0.3 is 17.9 Å². The van der Waals surface area contributed by atoms with Crippen LogP contribution < -0.4 is 0 Å². The third-order valence-corrected chi connectivity index (χ3v) is 9.13. The van der Waals surface area contributed by atoms with Crippen molar-refractivity contribution < 1.29 is 29.3 Å². The van der Waals surface area contributed by atoms with Crippen LogP contribution in [0.25, 0.3) is 0 Å². The average Bonchev–Trinajstić information content (AvgIpc) is 2.97. The summed E-state index contributed by atoms with van der Waals surface area (Å²) in [6.45, 7) is 2.41. The standard InChI is InChI=1S/C13H24O2.2C11H20O2/c1-2-15-13(14)12-10-8-6-4-3-5-7-9-11-12;2*12-11(13)10-8-6-4-2-1-3-5-7-9-10/h12H,2-11H2,1H3;2*10H,1-9H2,(H,12,13). The lowest BCUT2D eigenvalue weighted by molar-refractivity contribution is -0.148. The maximum Gasteiger partial charge on any atom is 0.308 e. The maximum atomic E-state index is 11.6. The van der Waals surface area contributed by atoms with E-state index in [-0.39, 0.29) is 23.7 Å². The van der Waals surface area contributed by atoms with Crippen LogP contribution in [0.1, 0.15) is 180 Å². The Bertz CT molecular complexity index is 597. The third-order valence-electron chi connectivity index (χ3n) is 9.13. The number of hydrogen-bond acceptors (Lipinski definition) is 4. The molecular formula is C35H64O6. The molecule has 0 atom stereocenters. The van der Waals surface area contributed by atoms with Gasteiger partial charge in [0.2, 0.25) is 0 Å². The van der Waals surface area contributed by atoms with Crippen molar-refractivity contribution in [2.75, 3.05) is 6.61 Å². The minimum absolute atomic E-state index is 0.0399. The molecule has 0 radical (unpaired) electrons. The first kappa shape index (κ1) is 37.4. The number of carboxylic acids is 2. The third kappa shape index (κ3) is 20.9. The highest BCUT2D eigenvalue weighted by molar-refractivity contribution is 5.72. The molecule has 0 heterocycles. The quantitative estimate of drug-likeness (QED) is 0.321. The number of esters is 1. The molecule has 0 unspecified atom stereocenters. The van der Waals surface area contributed by atoms with Gasteiger partial charge in [0.1, 0.15) is 0 Å². The molecule has 3 aliphatic rings. The van der Waals surface area contributed by atoms with Crippen molar-refractivity contribution in [3.63, 3.8) is 0 Å². The molecule has 3 saturated carbocycles. The van der Waals surface area contributed by atoms with Gasteiger partial charge in [-0.2, -0.15) is 0 Å². The van der Waals surface area contributed by atoms with E-state index in [0.717, 1.165) is 64.2 Å². The van der Waals surface area contributed by atoms with Crippen molar-refractivity contribution in [3.8, 4) is 0 Å². The summed E-state index contributed by atoms with van der Waals surface area (Å²) in [5, 5.41) is 17.8. The molecule has 0 aromatic heterocycles. The zero-order valence-electron chi connectivity index (χ0n) is 26.6. The second-order valence-electron chi connectivity index (χ2n) is 12.7. The highest BCUT2D eigenvalue weighted by atomic mass is 16.5. The Hall–Kier alpha value is -1.59. The van der Waals surface area contributed by atoms with Gasteiger partial charge in [-0.25, -0.2) is 0 Å². The molecule has 3 aliphatic carbocycles. The lowest BCUT2D eigenvalue weighted by Crippen LogP contribution is -2.18. The summed E-state index contributed by atoms with van der Waals surface area (Å²) < 4.78 is 5.11. The molecule has 0 spiro atoms. The van der Waals surface area contributed by atoms with Crippen LogP contribution in [-0.2, 0) is 19.1 Å². The van der Waals surface area contributed by atoms with Crippen LogP contribution in [0.5, 0.6) is 0 Å². The minimum Gasteiger partial charge on any atom is -0.481 e. The van der Waals surface area contributed by atoms with Gasteiger partial charge in [-0.15, -0.1) is 0 Å². The van der Waals surface area contributed by atoms with E-state index in [4.69, 9.17) is 14.9 Å². The predicted molar refractivity (Wildman–Crippen MR) is 167 cm³/mol. The molecule has 0 aromatic carbocycles. The van der Waals surface area contributed by atoms with E-state index in [1.165, 1.54) is 109 Å². The molecule has 3 rings (SSSR count). The van der Waals surface area contributed by atoms with E-state index in [1.54, 1.807) is 0 Å². The SMILES string of the molecule is CCOC(=O)C1CCCCCCCCC1.O=C(O)C1CCCCCCCCC1.O=C(O)C1CCCCCCCCC1. The monoisotopic (exact) mass is 580 g/mol. The predicted octanol–water partition coefficient (Wildman–Crippen LogP) is 10.1. The van der Waals surface area contributed by atoms with Gasteiger partial charge in [-0.05, 0) is 45.4 Å². The summed E-state index contributed by atoms with van der Waals surface area (Å²) in [7, 11) is 0. The zero-order valence-corrected chi connectivity index (χ0v) is 26.6. The van der Waals surface area contributed by atoms with Crippen LogP contribution in [0.4, 0.5) is 0 Å². The number of carboxylic acid groups (broad SMARTS) is 2. The average molecular weight is 581 g/mol. The zero-order chi connectivity index (χ0) is 30.0. The normalized spacial score (nSPS) is 21.9. The van der Waals surface area contributed by atoms with Gasteiger partial charge < -0.3 is 14.9 Å². The van der Waals surface area contributed by atoms with Gasteiger partial charge in [0, 0.05) is 0 Å². The summed E-state index contributed by atoms with van der Waals surface area (Å²) in [6, 6.07) is 0. The van der Waals surface area contributed by atoms with Crippen molar-refractivity contribution in [3.05, 3.63) is 0 Å². The van der Waals surface area contributed by atoms with E-state index in [2.05, 4.69) is 0 Å². The van der Waals surface area contributed by atoms with Gasteiger partial charge in [-0.3, -0.25) is 14.4 Å². The Labute approximate surface area is 251 Å². The molecule has 6 nitrogen and oxygen atoms in total. The number of hydrogen-bond donors (Lipinski definition) is 2. The molecule has 240 valence electrons. The number of carbonyl (C=O) groups is 3. The first-order valence-electron chi connectivity index (χ1n) is 17.6. The number of carbonyl (C=O) groups excluding carboxylic acids is 1. The molecular weight excluding hydrogens is 516 g/mol. The molecule has 0 amide bonds. The number of rotatable bonds is 4. The fourth-order valence-electron chi connectivity index (χ4n) is 6.42. The molecule has 0 bridgehead atoms. The number of aliphatic carboxylic acids is 2.